The molecule has 0 spiro atoms. The Morgan fingerprint density at radius 2 is 1.96 bits per heavy atom. The van der Waals surface area contributed by atoms with E-state index in [9.17, 15) is 9.18 Å². The molecule has 0 aliphatic rings. The lowest BCUT2D eigenvalue weighted by Gasteiger charge is -2.12. The van der Waals surface area contributed by atoms with Gasteiger partial charge in [-0.15, -0.1) is 0 Å². The van der Waals surface area contributed by atoms with Gasteiger partial charge in [0.2, 0.25) is 0 Å². The van der Waals surface area contributed by atoms with E-state index in [1.54, 1.807) is 22.8 Å². The molecule has 1 aromatic carbocycles. The molecule has 1 amide bonds. The van der Waals surface area contributed by atoms with Gasteiger partial charge in [0.15, 0.2) is 5.65 Å². The lowest BCUT2D eigenvalue weighted by atomic mass is 10.0. The molecule has 26 heavy (non-hydrogen) atoms. The van der Waals surface area contributed by atoms with Crippen LogP contribution in [0.3, 0.4) is 0 Å². The molecule has 3 rings (SSSR count). The Hall–Kier alpha value is -2.76. The van der Waals surface area contributed by atoms with Gasteiger partial charge >= 0.3 is 0 Å². The summed E-state index contributed by atoms with van der Waals surface area (Å²) in [7, 11) is 0. The summed E-state index contributed by atoms with van der Waals surface area (Å²) in [6.45, 7) is 6.62. The Balaban J connectivity index is 1.93. The molecular formula is C20H23FN4O. The molecular weight excluding hydrogens is 331 g/mol. The molecule has 0 unspecified atom stereocenters. The number of hydrogen-bond acceptors (Lipinski definition) is 3. The van der Waals surface area contributed by atoms with Gasteiger partial charge < -0.3 is 5.32 Å². The number of carbonyl (C=O) groups excluding carboxylic acids is 1. The lowest BCUT2D eigenvalue weighted by Crippen LogP contribution is -2.24. The molecule has 136 valence electrons. The van der Waals surface area contributed by atoms with Crippen LogP contribution in [0.2, 0.25) is 0 Å². The number of fused-ring (bicyclic) bond motifs is 1. The summed E-state index contributed by atoms with van der Waals surface area (Å²) in [6.07, 6.45) is 4.17. The highest BCUT2D eigenvalue weighted by atomic mass is 19.1. The number of aromatic nitrogens is 3. The number of rotatable bonds is 6. The van der Waals surface area contributed by atoms with Crippen molar-refractivity contribution in [3.8, 4) is 0 Å². The quantitative estimate of drug-likeness (QED) is 0.688. The van der Waals surface area contributed by atoms with Crippen molar-refractivity contribution < 1.29 is 9.18 Å². The first-order chi connectivity index (χ1) is 12.5. The molecule has 5 nitrogen and oxygen atoms in total. The van der Waals surface area contributed by atoms with Crippen molar-refractivity contribution in [2.24, 2.45) is 0 Å². The number of carbonyl (C=O) groups is 1. The van der Waals surface area contributed by atoms with E-state index in [-0.39, 0.29) is 11.7 Å². The van der Waals surface area contributed by atoms with Crippen LogP contribution in [0.1, 0.15) is 52.6 Å². The molecule has 0 saturated heterocycles. The highest BCUT2D eigenvalue weighted by Gasteiger charge is 2.18. The van der Waals surface area contributed by atoms with Crippen molar-refractivity contribution in [3.05, 3.63) is 64.4 Å². The minimum atomic E-state index is -0.249. The highest BCUT2D eigenvalue weighted by molar-refractivity contribution is 5.99. The van der Waals surface area contributed by atoms with Gasteiger partial charge in [0.05, 0.1) is 6.20 Å². The Kier molecular flexibility index (Phi) is 5.30. The van der Waals surface area contributed by atoms with E-state index in [1.165, 1.54) is 12.1 Å². The average Bonchev–Trinajstić information content (AvgIpc) is 3.04. The fourth-order valence-corrected chi connectivity index (χ4v) is 3.01. The lowest BCUT2D eigenvalue weighted by molar-refractivity contribution is 0.0954. The molecule has 0 fully saturated rings. The second-order valence-electron chi connectivity index (χ2n) is 6.47. The number of hydrogen-bond donors (Lipinski definition) is 1. The average molecular weight is 354 g/mol. The molecule has 0 radical (unpaired) electrons. The smallest absolute Gasteiger partial charge is 0.256 e. The van der Waals surface area contributed by atoms with Crippen molar-refractivity contribution in [1.82, 2.24) is 19.9 Å². The van der Waals surface area contributed by atoms with Crippen LogP contribution in [0, 0.1) is 19.7 Å². The maximum absolute atomic E-state index is 13.1. The van der Waals surface area contributed by atoms with Crippen LogP contribution >= 0.6 is 0 Å². The summed E-state index contributed by atoms with van der Waals surface area (Å²) in [5.41, 5.74) is 4.87. The SMILES string of the molecule is CCCCNC(=O)c1cnn2c(C)c(Cc3ccc(F)cc3)c(C)nc12. The Labute approximate surface area is 152 Å². The number of amides is 1. The third kappa shape index (κ3) is 3.59. The summed E-state index contributed by atoms with van der Waals surface area (Å²) < 4.78 is 14.8. The fourth-order valence-electron chi connectivity index (χ4n) is 3.01. The monoisotopic (exact) mass is 354 g/mol. The zero-order chi connectivity index (χ0) is 18.7. The number of aryl methyl sites for hydroxylation is 2. The molecule has 0 saturated carbocycles. The summed E-state index contributed by atoms with van der Waals surface area (Å²) in [6, 6.07) is 6.46. The Morgan fingerprint density at radius 1 is 1.23 bits per heavy atom. The van der Waals surface area contributed by atoms with E-state index in [1.807, 2.05) is 13.8 Å². The van der Waals surface area contributed by atoms with E-state index in [2.05, 4.69) is 22.3 Å². The van der Waals surface area contributed by atoms with Gasteiger partial charge in [0, 0.05) is 24.4 Å². The van der Waals surface area contributed by atoms with Crippen LogP contribution < -0.4 is 5.32 Å². The second-order valence-corrected chi connectivity index (χ2v) is 6.47. The van der Waals surface area contributed by atoms with Crippen molar-refractivity contribution >= 4 is 11.6 Å². The fraction of sp³-hybridized carbons (Fsp3) is 0.350. The van der Waals surface area contributed by atoms with Crippen molar-refractivity contribution in [2.45, 2.75) is 40.0 Å². The topological polar surface area (TPSA) is 59.3 Å². The largest absolute Gasteiger partial charge is 0.352 e. The molecule has 3 aromatic rings. The van der Waals surface area contributed by atoms with Crippen LogP contribution in [0.15, 0.2) is 30.5 Å². The van der Waals surface area contributed by atoms with Gasteiger partial charge in [-0.2, -0.15) is 5.10 Å². The van der Waals surface area contributed by atoms with Gasteiger partial charge in [-0.05, 0) is 43.5 Å². The zero-order valence-corrected chi connectivity index (χ0v) is 15.3. The summed E-state index contributed by atoms with van der Waals surface area (Å²) in [4.78, 5) is 17.0. The molecule has 0 bridgehead atoms. The minimum Gasteiger partial charge on any atom is -0.352 e. The van der Waals surface area contributed by atoms with Crippen LogP contribution in [0.5, 0.6) is 0 Å². The third-order valence-electron chi connectivity index (χ3n) is 4.56. The van der Waals surface area contributed by atoms with Gasteiger partial charge in [0.1, 0.15) is 11.4 Å². The van der Waals surface area contributed by atoms with Crippen LogP contribution in [-0.4, -0.2) is 27.0 Å². The Bertz CT molecular complexity index is 931. The number of nitrogens with one attached hydrogen (secondary N) is 1. The maximum Gasteiger partial charge on any atom is 0.256 e. The predicted molar refractivity (Wildman–Crippen MR) is 98.9 cm³/mol. The van der Waals surface area contributed by atoms with E-state index >= 15 is 0 Å². The maximum atomic E-state index is 13.1. The van der Waals surface area contributed by atoms with Gasteiger partial charge in [-0.3, -0.25) is 4.79 Å². The van der Waals surface area contributed by atoms with Crippen LogP contribution in [0.4, 0.5) is 4.39 Å². The molecule has 2 aromatic heterocycles. The van der Waals surface area contributed by atoms with Gasteiger partial charge in [-0.1, -0.05) is 25.5 Å². The number of halogens is 1. The summed E-state index contributed by atoms with van der Waals surface area (Å²) in [5.74, 6) is -0.396. The van der Waals surface area contributed by atoms with Crippen molar-refractivity contribution in [1.29, 1.82) is 0 Å². The van der Waals surface area contributed by atoms with Gasteiger partial charge in [0.25, 0.3) is 5.91 Å². The first-order valence-electron chi connectivity index (χ1n) is 8.87. The molecule has 1 N–H and O–H groups in total. The predicted octanol–water partition coefficient (Wildman–Crippen LogP) is 3.61. The van der Waals surface area contributed by atoms with E-state index in [4.69, 9.17) is 0 Å². The zero-order valence-electron chi connectivity index (χ0n) is 15.3. The molecule has 6 heteroatoms. The van der Waals surface area contributed by atoms with Gasteiger partial charge in [-0.25, -0.2) is 13.9 Å². The summed E-state index contributed by atoms with van der Waals surface area (Å²) >= 11 is 0. The Morgan fingerprint density at radius 3 is 2.65 bits per heavy atom. The summed E-state index contributed by atoms with van der Waals surface area (Å²) in [5, 5.41) is 7.27. The first-order valence-corrected chi connectivity index (χ1v) is 8.87. The van der Waals surface area contributed by atoms with E-state index in [0.717, 1.165) is 35.4 Å². The van der Waals surface area contributed by atoms with Crippen LogP contribution in [-0.2, 0) is 6.42 Å². The van der Waals surface area contributed by atoms with Crippen molar-refractivity contribution in [3.63, 3.8) is 0 Å². The standard InChI is InChI=1S/C20H23FN4O/c1-4-5-10-22-20(26)18-12-23-25-14(3)17(13(2)24-19(18)25)11-15-6-8-16(21)9-7-15/h6-9,12H,4-5,10-11H2,1-3H3,(H,22,26). The number of unbranched alkanes of at least 4 members (excludes halogenated alkanes) is 1. The highest BCUT2D eigenvalue weighted by Crippen LogP contribution is 2.20. The molecule has 2 heterocycles. The molecule has 0 aliphatic carbocycles. The van der Waals surface area contributed by atoms with E-state index in [0.29, 0.717) is 24.2 Å². The molecule has 0 atom stereocenters. The minimum absolute atomic E-state index is 0.147. The van der Waals surface area contributed by atoms with Crippen molar-refractivity contribution in [2.75, 3.05) is 6.54 Å². The first kappa shape index (κ1) is 18.0. The van der Waals surface area contributed by atoms with E-state index < -0.39 is 0 Å². The second kappa shape index (κ2) is 7.64. The normalized spacial score (nSPS) is 11.1. The van der Waals surface area contributed by atoms with Crippen LogP contribution in [0.25, 0.3) is 5.65 Å². The third-order valence-corrected chi connectivity index (χ3v) is 4.56. The number of nitrogens with zero attached hydrogens (tertiary/aromatic N) is 3. The number of benzene rings is 1. The molecule has 0 aliphatic heterocycles.